The molecular weight excluding hydrogens is 234 g/mol. The Bertz CT molecular complexity index is 499. The summed E-state index contributed by atoms with van der Waals surface area (Å²) in [7, 11) is 1.57. The van der Waals surface area contributed by atoms with E-state index in [0.29, 0.717) is 12.2 Å². The van der Waals surface area contributed by atoms with E-state index in [4.69, 9.17) is 6.42 Å². The molecule has 0 N–H and O–H groups in total. The number of hydrogen-bond acceptors (Lipinski definition) is 3. The first-order valence-electron chi connectivity index (χ1n) is 5.54. The lowest BCUT2D eigenvalue weighted by molar-refractivity contribution is -0.384. The van der Waals surface area contributed by atoms with E-state index in [1.165, 1.54) is 17.2 Å². The Morgan fingerprint density at radius 1 is 1.67 bits per heavy atom. The van der Waals surface area contributed by atoms with Crippen LogP contribution in [0, 0.1) is 22.5 Å². The average molecular weight is 249 g/mol. The van der Waals surface area contributed by atoms with Crippen LogP contribution in [0.3, 0.4) is 0 Å². The number of carbonyl (C=O) groups is 1. The van der Waals surface area contributed by atoms with Gasteiger partial charge in [0.15, 0.2) is 0 Å². The van der Waals surface area contributed by atoms with Crippen molar-refractivity contribution in [1.29, 1.82) is 0 Å². The number of aromatic nitrogens is 1. The molecule has 0 saturated carbocycles. The number of aryl methyl sites for hydroxylation is 1. The van der Waals surface area contributed by atoms with Crippen LogP contribution >= 0.6 is 0 Å². The lowest BCUT2D eigenvalue weighted by Gasteiger charge is -2.14. The molecule has 1 aromatic rings. The second-order valence-electron chi connectivity index (χ2n) is 3.90. The van der Waals surface area contributed by atoms with Crippen molar-refractivity contribution in [2.75, 3.05) is 13.6 Å². The first-order valence-corrected chi connectivity index (χ1v) is 5.54. The molecule has 0 unspecified atom stereocenters. The summed E-state index contributed by atoms with van der Waals surface area (Å²) in [5.74, 6) is 2.05. The second-order valence-corrected chi connectivity index (χ2v) is 3.90. The average Bonchev–Trinajstić information content (AvgIpc) is 2.73. The van der Waals surface area contributed by atoms with Gasteiger partial charge >= 0.3 is 0 Å². The number of hydrogen-bond donors (Lipinski definition) is 0. The Balaban J connectivity index is 3.09. The van der Waals surface area contributed by atoms with Crippen LogP contribution in [0.15, 0.2) is 12.3 Å². The maximum Gasteiger partial charge on any atom is 0.287 e. The molecule has 0 aliphatic carbocycles. The maximum atomic E-state index is 12.1. The normalized spacial score (nSPS) is 9.83. The van der Waals surface area contributed by atoms with Gasteiger partial charge in [-0.05, 0) is 6.42 Å². The fourth-order valence-electron chi connectivity index (χ4n) is 1.60. The minimum Gasteiger partial charge on any atom is -0.337 e. The van der Waals surface area contributed by atoms with Gasteiger partial charge in [0.05, 0.1) is 17.7 Å². The van der Waals surface area contributed by atoms with Crippen molar-refractivity contribution in [1.82, 2.24) is 9.47 Å². The Morgan fingerprint density at radius 3 is 2.83 bits per heavy atom. The summed E-state index contributed by atoms with van der Waals surface area (Å²) >= 11 is 0. The Hall–Kier alpha value is -2.29. The van der Waals surface area contributed by atoms with Crippen molar-refractivity contribution >= 4 is 11.6 Å². The molecule has 0 spiro atoms. The van der Waals surface area contributed by atoms with Gasteiger partial charge in [-0.3, -0.25) is 14.9 Å². The summed E-state index contributed by atoms with van der Waals surface area (Å²) in [4.78, 5) is 23.6. The highest BCUT2D eigenvalue weighted by atomic mass is 16.6. The van der Waals surface area contributed by atoms with Crippen LogP contribution in [0.1, 0.15) is 23.8 Å². The monoisotopic (exact) mass is 249 g/mol. The SMILES string of the molecule is C#CCN(C)C(=O)c1cc([N+](=O)[O-])cn1CCC. The van der Waals surface area contributed by atoms with Crippen LogP contribution in [0.25, 0.3) is 0 Å². The first kappa shape index (κ1) is 13.8. The van der Waals surface area contributed by atoms with E-state index in [-0.39, 0.29) is 18.1 Å². The van der Waals surface area contributed by atoms with Gasteiger partial charge in [0.1, 0.15) is 5.69 Å². The molecule has 18 heavy (non-hydrogen) atoms. The molecule has 6 heteroatoms. The van der Waals surface area contributed by atoms with E-state index < -0.39 is 4.92 Å². The van der Waals surface area contributed by atoms with E-state index in [1.807, 2.05) is 6.92 Å². The van der Waals surface area contributed by atoms with Crippen LogP contribution in [0.5, 0.6) is 0 Å². The molecule has 0 aliphatic rings. The van der Waals surface area contributed by atoms with Crippen molar-refractivity contribution in [2.45, 2.75) is 19.9 Å². The van der Waals surface area contributed by atoms with E-state index in [2.05, 4.69) is 5.92 Å². The lowest BCUT2D eigenvalue weighted by atomic mass is 10.3. The Labute approximate surface area is 105 Å². The zero-order valence-corrected chi connectivity index (χ0v) is 10.4. The number of carbonyl (C=O) groups excluding carboxylic acids is 1. The smallest absolute Gasteiger partial charge is 0.287 e. The highest BCUT2D eigenvalue weighted by Crippen LogP contribution is 2.18. The molecule has 0 aliphatic heterocycles. The fraction of sp³-hybridized carbons (Fsp3) is 0.417. The van der Waals surface area contributed by atoms with Crippen LogP contribution in [-0.2, 0) is 6.54 Å². The van der Waals surface area contributed by atoms with Crippen LogP contribution < -0.4 is 0 Å². The molecule has 96 valence electrons. The van der Waals surface area contributed by atoms with Crippen molar-refractivity contribution < 1.29 is 9.72 Å². The minimum absolute atomic E-state index is 0.0825. The summed E-state index contributed by atoms with van der Waals surface area (Å²) in [6, 6.07) is 1.28. The van der Waals surface area contributed by atoms with Gasteiger partial charge in [-0.2, -0.15) is 0 Å². The number of rotatable bonds is 5. The highest BCUT2D eigenvalue weighted by molar-refractivity contribution is 5.93. The van der Waals surface area contributed by atoms with Crippen molar-refractivity contribution in [3.63, 3.8) is 0 Å². The summed E-state index contributed by atoms with van der Waals surface area (Å²) < 4.78 is 1.59. The van der Waals surface area contributed by atoms with Crippen molar-refractivity contribution in [2.24, 2.45) is 0 Å². The molecule has 0 saturated heterocycles. The maximum absolute atomic E-state index is 12.1. The molecule has 1 heterocycles. The molecule has 1 rings (SSSR count). The third-order valence-electron chi connectivity index (χ3n) is 2.45. The van der Waals surface area contributed by atoms with Crippen molar-refractivity contribution in [3.8, 4) is 12.3 Å². The van der Waals surface area contributed by atoms with Gasteiger partial charge in [0, 0.05) is 19.7 Å². The van der Waals surface area contributed by atoms with Crippen LogP contribution in [-0.4, -0.2) is 33.9 Å². The molecule has 0 atom stereocenters. The number of amides is 1. The Kier molecular flexibility index (Phi) is 4.49. The predicted octanol–water partition coefficient (Wildman–Crippen LogP) is 1.51. The van der Waals surface area contributed by atoms with Gasteiger partial charge in [-0.15, -0.1) is 6.42 Å². The molecule has 0 radical (unpaired) electrons. The van der Waals surface area contributed by atoms with Crippen LogP contribution in [0.2, 0.25) is 0 Å². The standard InChI is InChI=1S/C12H15N3O3/c1-4-6-13(3)12(16)11-8-10(15(17)18)9-14(11)7-5-2/h1,8-9H,5-7H2,2-3H3. The predicted molar refractivity (Wildman–Crippen MR) is 67.2 cm³/mol. The molecule has 1 amide bonds. The molecule has 0 fully saturated rings. The zero-order chi connectivity index (χ0) is 13.7. The third-order valence-corrected chi connectivity index (χ3v) is 2.45. The van der Waals surface area contributed by atoms with E-state index in [1.54, 1.807) is 11.6 Å². The first-order chi connectivity index (χ1) is 8.51. The zero-order valence-electron chi connectivity index (χ0n) is 10.4. The number of terminal acetylenes is 1. The molecule has 0 bridgehead atoms. The van der Waals surface area contributed by atoms with Gasteiger partial charge in [0.25, 0.3) is 11.6 Å². The second kappa shape index (κ2) is 5.87. The van der Waals surface area contributed by atoms with Crippen LogP contribution in [0.4, 0.5) is 5.69 Å². The van der Waals surface area contributed by atoms with E-state index in [0.717, 1.165) is 6.42 Å². The van der Waals surface area contributed by atoms with E-state index >= 15 is 0 Å². The van der Waals surface area contributed by atoms with Gasteiger partial charge < -0.3 is 9.47 Å². The summed E-state index contributed by atoms with van der Waals surface area (Å²) in [5.41, 5.74) is 0.210. The van der Waals surface area contributed by atoms with Gasteiger partial charge in [-0.1, -0.05) is 12.8 Å². The van der Waals surface area contributed by atoms with E-state index in [9.17, 15) is 14.9 Å². The minimum atomic E-state index is -0.510. The molecule has 0 aromatic carbocycles. The molecular formula is C12H15N3O3. The summed E-state index contributed by atoms with van der Waals surface area (Å²) in [6.45, 7) is 2.66. The van der Waals surface area contributed by atoms with Crippen molar-refractivity contribution in [3.05, 3.63) is 28.1 Å². The third kappa shape index (κ3) is 2.88. The van der Waals surface area contributed by atoms with Gasteiger partial charge in [0.2, 0.25) is 0 Å². The summed E-state index contributed by atoms with van der Waals surface area (Å²) in [5, 5.41) is 10.7. The largest absolute Gasteiger partial charge is 0.337 e. The lowest BCUT2D eigenvalue weighted by Crippen LogP contribution is -2.28. The molecule has 6 nitrogen and oxygen atoms in total. The summed E-state index contributed by atoms with van der Waals surface area (Å²) in [6.07, 6.45) is 7.29. The molecule has 1 aromatic heterocycles. The topological polar surface area (TPSA) is 68.4 Å². The van der Waals surface area contributed by atoms with Gasteiger partial charge in [-0.25, -0.2) is 0 Å². The highest BCUT2D eigenvalue weighted by Gasteiger charge is 2.21. The number of nitrogens with zero attached hydrogens (tertiary/aromatic N) is 3. The fourth-order valence-corrected chi connectivity index (χ4v) is 1.60. The number of nitro groups is 1. The quantitative estimate of drug-likeness (QED) is 0.451. The Morgan fingerprint density at radius 2 is 2.33 bits per heavy atom.